The molecule has 1 aromatic carbocycles. The van der Waals surface area contributed by atoms with Crippen molar-refractivity contribution in [3.8, 4) is 5.75 Å². The number of carbonyl (C=O) groups excluding carboxylic acids is 1. The number of nitrogens with one attached hydrogen (secondary N) is 2. The molecule has 2 aromatic rings. The first-order valence-corrected chi connectivity index (χ1v) is 5.93. The number of amides is 1. The summed E-state index contributed by atoms with van der Waals surface area (Å²) in [6.07, 6.45) is 1.69. The zero-order chi connectivity index (χ0) is 13.7. The lowest BCUT2D eigenvalue weighted by Crippen LogP contribution is -2.16. The lowest BCUT2D eigenvalue weighted by Gasteiger charge is -2.07. The lowest BCUT2D eigenvalue weighted by atomic mass is 10.2. The summed E-state index contributed by atoms with van der Waals surface area (Å²) in [5, 5.41) is 8.95. The van der Waals surface area contributed by atoms with E-state index in [9.17, 15) is 4.79 Å². The average Bonchev–Trinajstić information content (AvgIpc) is 2.75. The van der Waals surface area contributed by atoms with E-state index < -0.39 is 0 Å². The number of nitrogen functional groups attached to an aromatic ring is 1. The molecule has 0 unspecified atom stereocenters. The van der Waals surface area contributed by atoms with Crippen LogP contribution in [0.4, 0.5) is 11.5 Å². The Morgan fingerprint density at radius 3 is 3.05 bits per heavy atom. The van der Waals surface area contributed by atoms with Crippen LogP contribution in [-0.2, 0) is 4.79 Å². The van der Waals surface area contributed by atoms with Crippen LogP contribution in [-0.4, -0.2) is 22.7 Å². The number of rotatable bonds is 5. The quantitative estimate of drug-likeness (QED) is 0.763. The van der Waals surface area contributed by atoms with Gasteiger partial charge in [0.1, 0.15) is 5.75 Å². The first kappa shape index (κ1) is 12.9. The van der Waals surface area contributed by atoms with E-state index in [1.54, 1.807) is 0 Å². The molecule has 0 saturated carbocycles. The summed E-state index contributed by atoms with van der Waals surface area (Å²) < 4.78 is 5.49. The molecular formula is C13H16N4O2. The van der Waals surface area contributed by atoms with E-state index in [4.69, 9.17) is 10.5 Å². The van der Waals surface area contributed by atoms with Gasteiger partial charge in [-0.1, -0.05) is 12.1 Å². The normalized spacial score (nSPS) is 10.2. The number of ether oxygens (including phenoxy) is 1. The van der Waals surface area contributed by atoms with Crippen LogP contribution >= 0.6 is 0 Å². The molecule has 100 valence electrons. The second-order valence-corrected chi connectivity index (χ2v) is 4.16. The summed E-state index contributed by atoms with van der Waals surface area (Å²) in [6.45, 7) is 2.30. The van der Waals surface area contributed by atoms with E-state index in [-0.39, 0.29) is 12.3 Å². The molecule has 1 aromatic heterocycles. The maximum Gasteiger partial charge on any atom is 0.228 e. The second-order valence-electron chi connectivity index (χ2n) is 4.16. The predicted octanol–water partition coefficient (Wildman–Crippen LogP) is 1.71. The molecule has 0 bridgehead atoms. The number of benzene rings is 1. The summed E-state index contributed by atoms with van der Waals surface area (Å²) in [6, 6.07) is 7.68. The Morgan fingerprint density at radius 1 is 1.53 bits per heavy atom. The highest BCUT2D eigenvalue weighted by Gasteiger charge is 2.06. The largest absolute Gasteiger partial charge is 0.493 e. The molecule has 0 fully saturated rings. The number of nitrogens with two attached hydrogens (primary N) is 1. The Balaban J connectivity index is 1.77. The Bertz CT molecular complexity index is 565. The van der Waals surface area contributed by atoms with E-state index in [0.29, 0.717) is 18.1 Å². The molecule has 6 heteroatoms. The number of aromatic nitrogens is 2. The molecular weight excluding hydrogens is 244 g/mol. The first-order chi connectivity index (χ1) is 9.15. The fourth-order valence-corrected chi connectivity index (χ4v) is 1.56. The SMILES string of the molecule is Cc1cccc(OCCC(=O)Nc2[nH]ncc2N)c1. The number of aryl methyl sites for hydroxylation is 1. The minimum atomic E-state index is -0.177. The summed E-state index contributed by atoms with van der Waals surface area (Å²) in [5.41, 5.74) is 7.11. The van der Waals surface area contributed by atoms with E-state index in [1.165, 1.54) is 6.20 Å². The van der Waals surface area contributed by atoms with E-state index >= 15 is 0 Å². The maximum atomic E-state index is 11.6. The fourth-order valence-electron chi connectivity index (χ4n) is 1.56. The number of aromatic amines is 1. The molecule has 0 aliphatic rings. The molecule has 0 saturated heterocycles. The number of anilines is 2. The van der Waals surface area contributed by atoms with Gasteiger partial charge in [0.15, 0.2) is 5.82 Å². The van der Waals surface area contributed by atoms with Crippen molar-refractivity contribution in [2.75, 3.05) is 17.7 Å². The van der Waals surface area contributed by atoms with Crippen LogP contribution in [0.1, 0.15) is 12.0 Å². The van der Waals surface area contributed by atoms with Crippen molar-refractivity contribution in [2.24, 2.45) is 0 Å². The molecule has 0 aliphatic heterocycles. The van der Waals surface area contributed by atoms with Gasteiger partial charge in [-0.05, 0) is 24.6 Å². The van der Waals surface area contributed by atoms with Crippen molar-refractivity contribution < 1.29 is 9.53 Å². The summed E-state index contributed by atoms with van der Waals surface area (Å²) >= 11 is 0. The first-order valence-electron chi connectivity index (χ1n) is 5.93. The van der Waals surface area contributed by atoms with Gasteiger partial charge < -0.3 is 15.8 Å². The third-order valence-electron chi connectivity index (χ3n) is 2.52. The molecule has 0 spiro atoms. The van der Waals surface area contributed by atoms with Gasteiger partial charge in [0, 0.05) is 0 Å². The minimum absolute atomic E-state index is 0.177. The van der Waals surface area contributed by atoms with Crippen LogP contribution in [0.5, 0.6) is 5.75 Å². The lowest BCUT2D eigenvalue weighted by molar-refractivity contribution is -0.116. The summed E-state index contributed by atoms with van der Waals surface area (Å²) in [4.78, 5) is 11.6. The maximum absolute atomic E-state index is 11.6. The van der Waals surface area contributed by atoms with E-state index in [2.05, 4.69) is 15.5 Å². The zero-order valence-corrected chi connectivity index (χ0v) is 10.6. The number of carbonyl (C=O) groups is 1. The predicted molar refractivity (Wildman–Crippen MR) is 72.9 cm³/mol. The van der Waals surface area contributed by atoms with Crippen LogP contribution in [0.2, 0.25) is 0 Å². The smallest absolute Gasteiger partial charge is 0.228 e. The van der Waals surface area contributed by atoms with Crippen molar-refractivity contribution in [3.63, 3.8) is 0 Å². The summed E-state index contributed by atoms with van der Waals surface area (Å²) in [7, 11) is 0. The zero-order valence-electron chi connectivity index (χ0n) is 10.6. The fraction of sp³-hybridized carbons (Fsp3) is 0.231. The molecule has 2 rings (SSSR count). The Labute approximate surface area is 111 Å². The van der Waals surface area contributed by atoms with Crippen molar-refractivity contribution >= 4 is 17.4 Å². The molecule has 0 atom stereocenters. The second kappa shape index (κ2) is 5.90. The number of H-pyrrole nitrogens is 1. The van der Waals surface area contributed by atoms with Crippen LogP contribution in [0.25, 0.3) is 0 Å². The molecule has 6 nitrogen and oxygen atoms in total. The van der Waals surface area contributed by atoms with Crippen LogP contribution < -0.4 is 15.8 Å². The Hall–Kier alpha value is -2.50. The van der Waals surface area contributed by atoms with Crippen molar-refractivity contribution in [2.45, 2.75) is 13.3 Å². The monoisotopic (exact) mass is 260 g/mol. The highest BCUT2D eigenvalue weighted by molar-refractivity contribution is 5.92. The van der Waals surface area contributed by atoms with Crippen LogP contribution in [0, 0.1) is 6.92 Å². The van der Waals surface area contributed by atoms with Gasteiger partial charge in [-0.2, -0.15) is 5.10 Å². The van der Waals surface area contributed by atoms with E-state index in [0.717, 1.165) is 11.3 Å². The van der Waals surface area contributed by atoms with Crippen LogP contribution in [0.15, 0.2) is 30.5 Å². The van der Waals surface area contributed by atoms with E-state index in [1.807, 2.05) is 31.2 Å². The third-order valence-corrected chi connectivity index (χ3v) is 2.52. The van der Waals surface area contributed by atoms with Gasteiger partial charge in [0.2, 0.25) is 5.91 Å². The minimum Gasteiger partial charge on any atom is -0.493 e. The topological polar surface area (TPSA) is 93.0 Å². The Kier molecular flexibility index (Phi) is 4.02. The molecule has 1 amide bonds. The van der Waals surface area contributed by atoms with Gasteiger partial charge in [0.25, 0.3) is 0 Å². The third kappa shape index (κ3) is 3.74. The number of hydrogen-bond acceptors (Lipinski definition) is 4. The molecule has 0 aliphatic carbocycles. The number of hydrogen-bond donors (Lipinski definition) is 3. The highest BCUT2D eigenvalue weighted by atomic mass is 16.5. The van der Waals surface area contributed by atoms with Gasteiger partial charge in [-0.25, -0.2) is 0 Å². The van der Waals surface area contributed by atoms with Crippen molar-refractivity contribution in [3.05, 3.63) is 36.0 Å². The highest BCUT2D eigenvalue weighted by Crippen LogP contribution is 2.14. The van der Waals surface area contributed by atoms with Crippen LogP contribution in [0.3, 0.4) is 0 Å². The van der Waals surface area contributed by atoms with Gasteiger partial charge >= 0.3 is 0 Å². The Morgan fingerprint density at radius 2 is 2.37 bits per heavy atom. The standard InChI is InChI=1S/C13H16N4O2/c1-9-3-2-4-10(7-9)19-6-5-12(18)16-13-11(14)8-15-17-13/h2-4,7-8H,5-6,14H2,1H3,(H2,15,16,17,18). The molecule has 0 radical (unpaired) electrons. The van der Waals surface area contributed by atoms with Crippen molar-refractivity contribution in [1.29, 1.82) is 0 Å². The molecule has 19 heavy (non-hydrogen) atoms. The van der Waals surface area contributed by atoms with Gasteiger partial charge in [0.05, 0.1) is 24.9 Å². The number of nitrogens with zero attached hydrogens (tertiary/aromatic N) is 1. The summed E-state index contributed by atoms with van der Waals surface area (Å²) in [5.74, 6) is 0.998. The molecule has 4 N–H and O–H groups in total. The van der Waals surface area contributed by atoms with Gasteiger partial charge in [-0.15, -0.1) is 0 Å². The average molecular weight is 260 g/mol. The van der Waals surface area contributed by atoms with Crippen molar-refractivity contribution in [1.82, 2.24) is 10.2 Å². The molecule has 1 heterocycles. The van der Waals surface area contributed by atoms with Gasteiger partial charge in [-0.3, -0.25) is 9.89 Å².